The second-order valence-electron chi connectivity index (χ2n) is 4.45. The third-order valence-corrected chi connectivity index (χ3v) is 3.48. The highest BCUT2D eigenvalue weighted by Gasteiger charge is 2.02. The van der Waals surface area contributed by atoms with E-state index in [0.717, 1.165) is 30.8 Å². The fraction of sp³-hybridized carbons (Fsp3) is 0.429. The van der Waals surface area contributed by atoms with E-state index in [1.165, 1.54) is 5.56 Å². The van der Waals surface area contributed by atoms with Crippen LogP contribution in [0.15, 0.2) is 24.3 Å². The summed E-state index contributed by atoms with van der Waals surface area (Å²) in [5, 5.41) is 6.96. The summed E-state index contributed by atoms with van der Waals surface area (Å²) in [4.78, 5) is 0. The average Bonchev–Trinajstić information content (AvgIpc) is 2.76. The monoisotopic (exact) mass is 277 g/mol. The van der Waals surface area contributed by atoms with Gasteiger partial charge in [0.2, 0.25) is 0 Å². The van der Waals surface area contributed by atoms with Crippen LogP contribution in [-0.4, -0.2) is 21.4 Å². The lowest BCUT2D eigenvalue weighted by Gasteiger charge is -2.06. The van der Waals surface area contributed by atoms with E-state index in [1.807, 2.05) is 23.7 Å². The van der Waals surface area contributed by atoms with Crippen molar-refractivity contribution in [2.45, 2.75) is 26.2 Å². The summed E-state index contributed by atoms with van der Waals surface area (Å²) < 4.78 is 8.25. The van der Waals surface area contributed by atoms with E-state index >= 15 is 0 Å². The largest absolute Gasteiger partial charge is 0.494 e. The van der Waals surface area contributed by atoms with Crippen LogP contribution >= 0.6 is 12.2 Å². The number of aromatic amines is 1. The van der Waals surface area contributed by atoms with Gasteiger partial charge in [0, 0.05) is 13.5 Å². The first-order valence-electron chi connectivity index (χ1n) is 6.52. The fourth-order valence-corrected chi connectivity index (χ4v) is 2.00. The average molecular weight is 277 g/mol. The van der Waals surface area contributed by atoms with Crippen molar-refractivity contribution >= 4 is 12.2 Å². The van der Waals surface area contributed by atoms with Gasteiger partial charge in [-0.2, -0.15) is 5.10 Å². The molecular weight excluding hydrogens is 258 g/mol. The van der Waals surface area contributed by atoms with E-state index in [1.54, 1.807) is 0 Å². The molecule has 0 saturated carbocycles. The molecule has 0 saturated heterocycles. The van der Waals surface area contributed by atoms with Gasteiger partial charge in [-0.1, -0.05) is 19.1 Å². The Hall–Kier alpha value is -1.62. The Balaban J connectivity index is 1.77. The van der Waals surface area contributed by atoms with Crippen LogP contribution in [0.25, 0.3) is 0 Å². The van der Waals surface area contributed by atoms with Crippen LogP contribution < -0.4 is 4.74 Å². The summed E-state index contributed by atoms with van der Waals surface area (Å²) in [6.07, 6.45) is 2.83. The molecule has 1 heterocycles. The van der Waals surface area contributed by atoms with Crippen LogP contribution in [0.2, 0.25) is 0 Å². The number of nitrogens with zero attached hydrogens (tertiary/aromatic N) is 2. The molecule has 0 aliphatic heterocycles. The number of hydrogen-bond donors (Lipinski definition) is 1. The maximum absolute atomic E-state index is 5.70. The van der Waals surface area contributed by atoms with Crippen molar-refractivity contribution in [1.29, 1.82) is 0 Å². The summed E-state index contributed by atoms with van der Waals surface area (Å²) in [7, 11) is 1.92. The minimum atomic E-state index is 0.658. The molecule has 1 aromatic heterocycles. The summed E-state index contributed by atoms with van der Waals surface area (Å²) in [5.41, 5.74) is 1.33. The molecular formula is C14H19N3OS. The SMILES string of the molecule is CCc1ccc(OCCCc2n[nH]c(=S)n2C)cc1. The normalized spacial score (nSPS) is 10.6. The van der Waals surface area contributed by atoms with E-state index in [4.69, 9.17) is 17.0 Å². The van der Waals surface area contributed by atoms with Crippen LogP contribution in [0.4, 0.5) is 0 Å². The van der Waals surface area contributed by atoms with Crippen LogP contribution in [0.5, 0.6) is 5.75 Å². The van der Waals surface area contributed by atoms with Crippen molar-refractivity contribution in [1.82, 2.24) is 14.8 Å². The Bertz CT molecular complexity index is 571. The second-order valence-corrected chi connectivity index (χ2v) is 4.84. The highest BCUT2D eigenvalue weighted by Crippen LogP contribution is 2.13. The molecule has 0 aliphatic carbocycles. The molecule has 0 fully saturated rings. The van der Waals surface area contributed by atoms with Gasteiger partial charge in [0.15, 0.2) is 4.77 Å². The molecule has 5 heteroatoms. The Morgan fingerprint density at radius 2 is 2.05 bits per heavy atom. The lowest BCUT2D eigenvalue weighted by Crippen LogP contribution is -2.03. The number of aryl methyl sites for hydroxylation is 2. The summed E-state index contributed by atoms with van der Waals surface area (Å²) in [5.74, 6) is 1.89. The number of hydrogen-bond acceptors (Lipinski definition) is 3. The van der Waals surface area contributed by atoms with Crippen LogP contribution in [-0.2, 0) is 19.9 Å². The Morgan fingerprint density at radius 3 is 2.63 bits per heavy atom. The number of H-pyrrole nitrogens is 1. The van der Waals surface area contributed by atoms with Gasteiger partial charge >= 0.3 is 0 Å². The van der Waals surface area contributed by atoms with Crippen molar-refractivity contribution in [2.24, 2.45) is 7.05 Å². The second kappa shape index (κ2) is 6.52. The van der Waals surface area contributed by atoms with E-state index in [9.17, 15) is 0 Å². The lowest BCUT2D eigenvalue weighted by atomic mass is 10.2. The quantitative estimate of drug-likeness (QED) is 0.652. The van der Waals surface area contributed by atoms with Gasteiger partial charge in [-0.05, 0) is 42.8 Å². The molecule has 0 amide bonds. The Morgan fingerprint density at radius 1 is 1.32 bits per heavy atom. The molecule has 0 spiro atoms. The molecule has 4 nitrogen and oxygen atoms in total. The standard InChI is InChI=1S/C14H19N3OS/c1-3-11-6-8-12(9-7-11)18-10-4-5-13-15-16-14(19)17(13)2/h6-9H,3-5,10H2,1-2H3,(H,16,19). The maximum Gasteiger partial charge on any atom is 0.194 e. The first-order valence-corrected chi connectivity index (χ1v) is 6.93. The highest BCUT2D eigenvalue weighted by atomic mass is 32.1. The third kappa shape index (κ3) is 3.67. The predicted octanol–water partition coefficient (Wildman–Crippen LogP) is 3.05. The molecule has 0 bridgehead atoms. The molecule has 1 N–H and O–H groups in total. The van der Waals surface area contributed by atoms with Gasteiger partial charge in [-0.3, -0.25) is 5.10 Å². The molecule has 1 aromatic carbocycles. The van der Waals surface area contributed by atoms with Gasteiger partial charge in [0.05, 0.1) is 6.61 Å². The summed E-state index contributed by atoms with van der Waals surface area (Å²) in [6.45, 7) is 2.83. The van der Waals surface area contributed by atoms with E-state index in [0.29, 0.717) is 11.4 Å². The summed E-state index contributed by atoms with van der Waals surface area (Å²) >= 11 is 5.07. The van der Waals surface area contributed by atoms with E-state index in [-0.39, 0.29) is 0 Å². The molecule has 2 aromatic rings. The topological polar surface area (TPSA) is 42.8 Å². The van der Waals surface area contributed by atoms with Crippen molar-refractivity contribution in [3.63, 3.8) is 0 Å². The van der Waals surface area contributed by atoms with Gasteiger partial charge in [0.25, 0.3) is 0 Å². The van der Waals surface area contributed by atoms with Crippen LogP contribution in [0, 0.1) is 4.77 Å². The molecule has 0 radical (unpaired) electrons. The molecule has 0 unspecified atom stereocenters. The number of nitrogens with one attached hydrogen (secondary N) is 1. The van der Waals surface area contributed by atoms with Crippen molar-refractivity contribution in [2.75, 3.05) is 6.61 Å². The first kappa shape index (κ1) is 13.8. The van der Waals surface area contributed by atoms with Crippen LogP contribution in [0.1, 0.15) is 24.7 Å². The Labute approximate surface area is 118 Å². The minimum absolute atomic E-state index is 0.658. The van der Waals surface area contributed by atoms with E-state index < -0.39 is 0 Å². The number of rotatable bonds is 6. The zero-order chi connectivity index (χ0) is 13.7. The zero-order valence-electron chi connectivity index (χ0n) is 11.3. The van der Waals surface area contributed by atoms with Crippen molar-refractivity contribution in [3.05, 3.63) is 40.4 Å². The molecule has 0 aliphatic rings. The van der Waals surface area contributed by atoms with Gasteiger partial charge in [0.1, 0.15) is 11.6 Å². The zero-order valence-corrected chi connectivity index (χ0v) is 12.2. The lowest BCUT2D eigenvalue weighted by molar-refractivity contribution is 0.309. The van der Waals surface area contributed by atoms with E-state index in [2.05, 4.69) is 29.3 Å². The molecule has 19 heavy (non-hydrogen) atoms. The van der Waals surface area contributed by atoms with Gasteiger partial charge in [-0.15, -0.1) is 0 Å². The highest BCUT2D eigenvalue weighted by molar-refractivity contribution is 7.71. The van der Waals surface area contributed by atoms with Crippen molar-refractivity contribution in [3.8, 4) is 5.75 Å². The smallest absolute Gasteiger partial charge is 0.194 e. The van der Waals surface area contributed by atoms with Gasteiger partial charge < -0.3 is 9.30 Å². The summed E-state index contributed by atoms with van der Waals surface area (Å²) in [6, 6.07) is 8.25. The molecule has 102 valence electrons. The van der Waals surface area contributed by atoms with Crippen LogP contribution in [0.3, 0.4) is 0 Å². The van der Waals surface area contributed by atoms with Gasteiger partial charge in [-0.25, -0.2) is 0 Å². The number of ether oxygens (including phenoxy) is 1. The minimum Gasteiger partial charge on any atom is -0.494 e. The maximum atomic E-state index is 5.70. The Kier molecular flexibility index (Phi) is 4.74. The predicted molar refractivity (Wildman–Crippen MR) is 78.0 cm³/mol. The fourth-order valence-electron chi connectivity index (χ4n) is 1.84. The molecule has 0 atom stereocenters. The van der Waals surface area contributed by atoms with Crippen molar-refractivity contribution < 1.29 is 4.74 Å². The first-order chi connectivity index (χ1) is 9.20. The number of benzene rings is 1. The number of aromatic nitrogens is 3. The molecule has 2 rings (SSSR count). The third-order valence-electron chi connectivity index (χ3n) is 3.12.